The molecule has 4 nitrogen and oxygen atoms in total. The van der Waals surface area contributed by atoms with Gasteiger partial charge in [0.1, 0.15) is 5.82 Å². The molecule has 1 amide bonds. The van der Waals surface area contributed by atoms with E-state index in [0.29, 0.717) is 5.69 Å². The minimum absolute atomic E-state index is 0.196. The van der Waals surface area contributed by atoms with Crippen LogP contribution in [-0.4, -0.2) is 16.1 Å². The Morgan fingerprint density at radius 3 is 3.00 bits per heavy atom. The van der Waals surface area contributed by atoms with Gasteiger partial charge >= 0.3 is 0 Å². The quantitative estimate of drug-likeness (QED) is 0.672. The van der Waals surface area contributed by atoms with Crippen LogP contribution in [0.25, 0.3) is 0 Å². The van der Waals surface area contributed by atoms with Crippen molar-refractivity contribution < 1.29 is 9.18 Å². The highest BCUT2D eigenvalue weighted by atomic mass is 32.2. The second-order valence-corrected chi connectivity index (χ2v) is 6.26. The number of nitrogens with two attached hydrogens (primary N) is 1. The molecule has 3 N–H and O–H groups in total. The zero-order valence-corrected chi connectivity index (χ0v) is 11.7. The summed E-state index contributed by atoms with van der Waals surface area (Å²) < 4.78 is 13.7. The second kappa shape index (κ2) is 6.03. The summed E-state index contributed by atoms with van der Waals surface area (Å²) in [6.07, 6.45) is 1.69. The first-order valence-electron chi connectivity index (χ1n) is 5.48. The SMILES string of the molecule is CC(Sc1nccs1)C(=O)Nc1ccc(F)cc1N. The lowest BCUT2D eigenvalue weighted by atomic mass is 10.2. The Balaban J connectivity index is 2.00. The summed E-state index contributed by atoms with van der Waals surface area (Å²) in [4.78, 5) is 16.1. The molecule has 0 radical (unpaired) electrons. The number of hydrogen-bond donors (Lipinski definition) is 2. The molecule has 0 spiro atoms. The van der Waals surface area contributed by atoms with Crippen molar-refractivity contribution in [2.24, 2.45) is 0 Å². The molecule has 0 aliphatic carbocycles. The van der Waals surface area contributed by atoms with E-state index in [0.717, 1.165) is 4.34 Å². The number of amides is 1. The van der Waals surface area contributed by atoms with E-state index >= 15 is 0 Å². The van der Waals surface area contributed by atoms with Gasteiger partial charge in [-0.1, -0.05) is 11.8 Å². The van der Waals surface area contributed by atoms with E-state index in [2.05, 4.69) is 10.3 Å². The number of nitrogen functional groups attached to an aromatic ring is 1. The highest BCUT2D eigenvalue weighted by Gasteiger charge is 2.16. The molecule has 1 unspecified atom stereocenters. The summed E-state index contributed by atoms with van der Waals surface area (Å²) in [6, 6.07) is 3.88. The highest BCUT2D eigenvalue weighted by molar-refractivity contribution is 8.02. The summed E-state index contributed by atoms with van der Waals surface area (Å²) in [5.41, 5.74) is 6.26. The van der Waals surface area contributed by atoms with Crippen LogP contribution >= 0.6 is 23.1 Å². The largest absolute Gasteiger partial charge is 0.397 e. The van der Waals surface area contributed by atoms with E-state index in [4.69, 9.17) is 5.73 Å². The Morgan fingerprint density at radius 1 is 1.58 bits per heavy atom. The fourth-order valence-electron chi connectivity index (χ4n) is 1.36. The molecule has 1 heterocycles. The van der Waals surface area contributed by atoms with Crippen LogP contribution < -0.4 is 11.1 Å². The number of nitrogens with zero attached hydrogens (tertiary/aromatic N) is 1. The monoisotopic (exact) mass is 297 g/mol. The number of carbonyl (C=O) groups excluding carboxylic acids is 1. The Kier molecular flexibility index (Phi) is 4.39. The zero-order chi connectivity index (χ0) is 13.8. The number of rotatable bonds is 4. The summed E-state index contributed by atoms with van der Waals surface area (Å²) in [5.74, 6) is -0.626. The number of hydrogen-bond acceptors (Lipinski definition) is 5. The summed E-state index contributed by atoms with van der Waals surface area (Å²) >= 11 is 2.84. The lowest BCUT2D eigenvalue weighted by Gasteiger charge is -2.12. The van der Waals surface area contributed by atoms with Crippen LogP contribution in [0.2, 0.25) is 0 Å². The molecular formula is C12H12FN3OS2. The van der Waals surface area contributed by atoms with Crippen molar-refractivity contribution in [3.8, 4) is 0 Å². The normalized spacial score (nSPS) is 12.1. The Morgan fingerprint density at radius 2 is 2.37 bits per heavy atom. The number of carbonyl (C=O) groups is 1. The van der Waals surface area contributed by atoms with Crippen LogP contribution in [0.15, 0.2) is 34.1 Å². The molecule has 1 atom stereocenters. The molecule has 1 aromatic carbocycles. The van der Waals surface area contributed by atoms with Gasteiger partial charge < -0.3 is 11.1 Å². The number of anilines is 2. The number of nitrogens with one attached hydrogen (secondary N) is 1. The maximum absolute atomic E-state index is 12.9. The third-order valence-electron chi connectivity index (χ3n) is 2.33. The molecule has 19 heavy (non-hydrogen) atoms. The van der Waals surface area contributed by atoms with E-state index in [9.17, 15) is 9.18 Å². The molecule has 0 saturated heterocycles. The van der Waals surface area contributed by atoms with Crippen molar-refractivity contribution in [3.05, 3.63) is 35.6 Å². The van der Waals surface area contributed by atoms with Crippen LogP contribution in [0.5, 0.6) is 0 Å². The van der Waals surface area contributed by atoms with Crippen molar-refractivity contribution in [1.82, 2.24) is 4.98 Å². The van der Waals surface area contributed by atoms with Crippen molar-refractivity contribution in [1.29, 1.82) is 0 Å². The molecule has 100 valence electrons. The van der Waals surface area contributed by atoms with E-state index in [1.165, 1.54) is 41.3 Å². The Bertz CT molecular complexity index is 574. The van der Waals surface area contributed by atoms with Gasteiger partial charge in [-0.2, -0.15) is 0 Å². The molecular weight excluding hydrogens is 285 g/mol. The molecule has 2 aromatic rings. The maximum atomic E-state index is 12.9. The average molecular weight is 297 g/mol. The van der Waals surface area contributed by atoms with Crippen LogP contribution in [0, 0.1) is 5.82 Å². The van der Waals surface area contributed by atoms with Gasteiger partial charge in [0.15, 0.2) is 4.34 Å². The van der Waals surface area contributed by atoms with Gasteiger partial charge in [0.2, 0.25) is 5.91 Å². The van der Waals surface area contributed by atoms with Crippen LogP contribution in [0.4, 0.5) is 15.8 Å². The zero-order valence-electron chi connectivity index (χ0n) is 10.1. The van der Waals surface area contributed by atoms with Gasteiger partial charge in [-0.15, -0.1) is 11.3 Å². The molecule has 7 heteroatoms. The van der Waals surface area contributed by atoms with Crippen molar-refractivity contribution >= 4 is 40.4 Å². The Labute approximate surface area is 118 Å². The number of benzene rings is 1. The van der Waals surface area contributed by atoms with Crippen molar-refractivity contribution in [3.63, 3.8) is 0 Å². The summed E-state index contributed by atoms with van der Waals surface area (Å²) in [6.45, 7) is 1.78. The third-order valence-corrected chi connectivity index (χ3v) is 4.34. The van der Waals surface area contributed by atoms with E-state index in [-0.39, 0.29) is 16.8 Å². The van der Waals surface area contributed by atoms with Gasteiger partial charge in [0.05, 0.1) is 16.6 Å². The molecule has 0 aliphatic heterocycles. The second-order valence-electron chi connectivity index (χ2n) is 3.78. The number of thiazole rings is 1. The lowest BCUT2D eigenvalue weighted by molar-refractivity contribution is -0.115. The predicted octanol–water partition coefficient (Wildman–Crippen LogP) is 2.98. The van der Waals surface area contributed by atoms with Crippen molar-refractivity contribution in [2.45, 2.75) is 16.5 Å². The average Bonchev–Trinajstić information content (AvgIpc) is 2.85. The maximum Gasteiger partial charge on any atom is 0.237 e. The molecule has 0 bridgehead atoms. The van der Waals surface area contributed by atoms with Crippen LogP contribution in [-0.2, 0) is 4.79 Å². The molecule has 0 aliphatic rings. The minimum atomic E-state index is -0.430. The fraction of sp³-hybridized carbons (Fsp3) is 0.167. The third kappa shape index (κ3) is 3.68. The number of aromatic nitrogens is 1. The first-order chi connectivity index (χ1) is 9.06. The first-order valence-corrected chi connectivity index (χ1v) is 7.24. The molecule has 2 rings (SSSR count). The standard InChI is InChI=1S/C12H12FN3OS2/c1-7(19-12-15-4-5-18-12)11(17)16-10-3-2-8(13)6-9(10)14/h2-7H,14H2,1H3,(H,16,17). The Hall–Kier alpha value is -1.60. The van der Waals surface area contributed by atoms with Gasteiger partial charge in [0.25, 0.3) is 0 Å². The van der Waals surface area contributed by atoms with Crippen LogP contribution in [0.3, 0.4) is 0 Å². The van der Waals surface area contributed by atoms with Crippen LogP contribution in [0.1, 0.15) is 6.92 Å². The lowest BCUT2D eigenvalue weighted by Crippen LogP contribution is -2.22. The van der Waals surface area contributed by atoms with E-state index in [1.54, 1.807) is 13.1 Å². The molecule has 1 aromatic heterocycles. The predicted molar refractivity (Wildman–Crippen MR) is 76.9 cm³/mol. The molecule has 0 saturated carbocycles. The van der Waals surface area contributed by atoms with Crippen molar-refractivity contribution in [2.75, 3.05) is 11.1 Å². The molecule has 0 fully saturated rings. The minimum Gasteiger partial charge on any atom is -0.397 e. The van der Waals surface area contributed by atoms with Gasteiger partial charge in [-0.25, -0.2) is 9.37 Å². The smallest absolute Gasteiger partial charge is 0.237 e. The van der Waals surface area contributed by atoms with E-state index < -0.39 is 5.82 Å². The first kappa shape index (κ1) is 13.8. The van der Waals surface area contributed by atoms with E-state index in [1.807, 2.05) is 5.38 Å². The summed E-state index contributed by atoms with van der Waals surface area (Å²) in [5, 5.41) is 4.22. The van der Waals surface area contributed by atoms with Gasteiger partial charge in [-0.05, 0) is 25.1 Å². The number of thioether (sulfide) groups is 1. The van der Waals surface area contributed by atoms with Gasteiger partial charge in [0, 0.05) is 11.6 Å². The number of halogens is 1. The summed E-state index contributed by atoms with van der Waals surface area (Å²) in [7, 11) is 0. The topological polar surface area (TPSA) is 68.0 Å². The fourth-order valence-corrected chi connectivity index (χ4v) is 3.13. The van der Waals surface area contributed by atoms with Gasteiger partial charge in [-0.3, -0.25) is 4.79 Å². The highest BCUT2D eigenvalue weighted by Crippen LogP contribution is 2.26.